The number of nitrogen functional groups attached to an aromatic ring is 1. The summed E-state index contributed by atoms with van der Waals surface area (Å²) in [4.78, 5) is 20.1. The fourth-order valence-corrected chi connectivity index (χ4v) is 1.03. The summed E-state index contributed by atoms with van der Waals surface area (Å²) in [5.41, 5.74) is 3.69. The number of nitrogens with two attached hydrogens (primary N) is 1. The van der Waals surface area contributed by atoms with E-state index in [1.54, 1.807) is 0 Å². The minimum atomic E-state index is -1.11. The zero-order valence-corrected chi connectivity index (χ0v) is 7.42. The Morgan fingerprint density at radius 1 is 1.57 bits per heavy atom. The summed E-state index contributed by atoms with van der Waals surface area (Å²) in [6.07, 6.45) is 0. The second-order valence-corrected chi connectivity index (χ2v) is 2.76. The number of hydrogen-bond acceptors (Lipinski definition) is 4. The maximum Gasteiger partial charge on any atom is 0.293 e. The van der Waals surface area contributed by atoms with Crippen LogP contribution in [0.1, 0.15) is 10.4 Å². The van der Waals surface area contributed by atoms with Crippen LogP contribution in [-0.4, -0.2) is 10.2 Å². The van der Waals surface area contributed by atoms with Crippen LogP contribution in [0, 0.1) is 15.9 Å². The molecule has 14 heavy (non-hydrogen) atoms. The van der Waals surface area contributed by atoms with Gasteiger partial charge in [-0.3, -0.25) is 14.9 Å². The van der Waals surface area contributed by atoms with Gasteiger partial charge in [-0.1, -0.05) is 0 Å². The molecule has 1 aromatic carbocycles. The zero-order valence-electron chi connectivity index (χ0n) is 6.66. The molecule has 0 radical (unpaired) electrons. The van der Waals surface area contributed by atoms with Gasteiger partial charge < -0.3 is 5.73 Å². The van der Waals surface area contributed by atoms with Gasteiger partial charge in [-0.2, -0.15) is 0 Å². The molecule has 0 amide bonds. The molecule has 5 nitrogen and oxygen atoms in total. The van der Waals surface area contributed by atoms with E-state index in [1.807, 2.05) is 0 Å². The van der Waals surface area contributed by atoms with E-state index in [1.165, 1.54) is 0 Å². The minimum absolute atomic E-state index is 0.353. The van der Waals surface area contributed by atoms with E-state index >= 15 is 0 Å². The van der Waals surface area contributed by atoms with Crippen molar-refractivity contribution in [2.45, 2.75) is 0 Å². The molecule has 0 aliphatic heterocycles. The number of nitrogens with zero attached hydrogens (tertiary/aromatic N) is 1. The maximum absolute atomic E-state index is 12.9. The van der Waals surface area contributed by atoms with Gasteiger partial charge in [0.25, 0.3) is 10.9 Å². The van der Waals surface area contributed by atoms with Gasteiger partial charge in [0, 0.05) is 12.1 Å². The molecule has 0 heterocycles. The van der Waals surface area contributed by atoms with Crippen molar-refractivity contribution in [3.05, 3.63) is 33.6 Å². The predicted octanol–water partition coefficient (Wildman–Crippen LogP) is 1.70. The smallest absolute Gasteiger partial charge is 0.293 e. The van der Waals surface area contributed by atoms with Crippen LogP contribution in [0.4, 0.5) is 15.8 Å². The molecule has 74 valence electrons. The van der Waals surface area contributed by atoms with Crippen LogP contribution in [0.15, 0.2) is 12.1 Å². The third-order valence-corrected chi connectivity index (χ3v) is 1.73. The summed E-state index contributed by atoms with van der Waals surface area (Å²) < 4.78 is 12.9. The number of halogens is 2. The number of nitro benzene ring substituents is 1. The SMILES string of the molecule is Nc1cc(F)c(C(=O)Cl)cc1[N+](=O)[O-]. The van der Waals surface area contributed by atoms with Gasteiger partial charge in [0.2, 0.25) is 0 Å². The number of rotatable bonds is 2. The van der Waals surface area contributed by atoms with E-state index < -0.39 is 27.2 Å². The summed E-state index contributed by atoms with van der Waals surface area (Å²) in [7, 11) is 0. The Kier molecular flexibility index (Phi) is 2.66. The lowest BCUT2D eigenvalue weighted by molar-refractivity contribution is -0.384. The summed E-state index contributed by atoms with van der Waals surface area (Å²) in [5, 5.41) is 9.25. The Balaban J connectivity index is 3.42. The number of carbonyl (C=O) groups excluding carboxylic acids is 1. The number of benzene rings is 1. The van der Waals surface area contributed by atoms with E-state index in [-0.39, 0.29) is 5.69 Å². The molecule has 0 spiro atoms. The highest BCUT2D eigenvalue weighted by molar-refractivity contribution is 6.67. The van der Waals surface area contributed by atoms with Crippen LogP contribution in [0.3, 0.4) is 0 Å². The molecule has 0 fully saturated rings. The van der Waals surface area contributed by atoms with Crippen LogP contribution in [0.5, 0.6) is 0 Å². The number of hydrogen-bond donors (Lipinski definition) is 1. The average molecular weight is 219 g/mol. The molecule has 0 saturated heterocycles. The first kappa shape index (κ1) is 10.4. The highest BCUT2D eigenvalue weighted by atomic mass is 35.5. The van der Waals surface area contributed by atoms with Gasteiger partial charge in [0.15, 0.2) is 0 Å². The lowest BCUT2D eigenvalue weighted by atomic mass is 10.2. The van der Waals surface area contributed by atoms with Crippen LogP contribution >= 0.6 is 11.6 Å². The molecule has 0 unspecified atom stereocenters. The van der Waals surface area contributed by atoms with Gasteiger partial charge in [-0.15, -0.1) is 0 Å². The molecule has 7 heteroatoms. The largest absolute Gasteiger partial charge is 0.393 e. The molecule has 1 rings (SSSR count). The number of carbonyl (C=O) groups is 1. The second kappa shape index (κ2) is 3.59. The van der Waals surface area contributed by atoms with Gasteiger partial charge in [0.05, 0.1) is 10.5 Å². The minimum Gasteiger partial charge on any atom is -0.393 e. The van der Waals surface area contributed by atoms with E-state index in [4.69, 9.17) is 17.3 Å². The molecule has 0 saturated carbocycles. The van der Waals surface area contributed by atoms with Crippen molar-refractivity contribution < 1.29 is 14.1 Å². The first-order valence-corrected chi connectivity index (χ1v) is 3.74. The third-order valence-electron chi connectivity index (χ3n) is 1.52. The van der Waals surface area contributed by atoms with E-state index in [9.17, 15) is 19.3 Å². The van der Waals surface area contributed by atoms with Crippen LogP contribution in [0.2, 0.25) is 0 Å². The van der Waals surface area contributed by atoms with Crippen LogP contribution in [-0.2, 0) is 0 Å². The third kappa shape index (κ3) is 1.80. The Morgan fingerprint density at radius 3 is 2.57 bits per heavy atom. The highest BCUT2D eigenvalue weighted by Crippen LogP contribution is 2.25. The van der Waals surface area contributed by atoms with Gasteiger partial charge >= 0.3 is 0 Å². The molecule has 1 aromatic rings. The molecule has 0 aromatic heterocycles. The Hall–Kier alpha value is -1.69. The normalized spacial score (nSPS) is 9.86. The Morgan fingerprint density at radius 2 is 2.14 bits per heavy atom. The first-order chi connectivity index (χ1) is 6.43. The molecule has 0 bridgehead atoms. The molecular weight excluding hydrogens is 215 g/mol. The quantitative estimate of drug-likeness (QED) is 0.354. The zero-order chi connectivity index (χ0) is 10.9. The maximum atomic E-state index is 12.9. The highest BCUT2D eigenvalue weighted by Gasteiger charge is 2.19. The number of nitro groups is 1. The van der Waals surface area contributed by atoms with Crippen molar-refractivity contribution in [3.63, 3.8) is 0 Å². The lowest BCUT2D eigenvalue weighted by Gasteiger charge is -2.00. The molecule has 0 atom stereocenters. The molecule has 2 N–H and O–H groups in total. The molecular formula is C7H4ClFN2O3. The van der Waals surface area contributed by atoms with E-state index in [0.717, 1.165) is 0 Å². The Labute approximate surface area is 82.4 Å². The first-order valence-electron chi connectivity index (χ1n) is 3.36. The van der Waals surface area contributed by atoms with E-state index in [2.05, 4.69) is 0 Å². The topological polar surface area (TPSA) is 86.2 Å². The van der Waals surface area contributed by atoms with Crippen molar-refractivity contribution in [3.8, 4) is 0 Å². The van der Waals surface area contributed by atoms with Crippen LogP contribution in [0.25, 0.3) is 0 Å². The van der Waals surface area contributed by atoms with Gasteiger partial charge in [-0.25, -0.2) is 4.39 Å². The number of anilines is 1. The summed E-state index contributed by atoms with van der Waals surface area (Å²) in [6, 6.07) is 1.40. The Bertz CT molecular complexity index is 386. The fourth-order valence-electron chi connectivity index (χ4n) is 0.886. The van der Waals surface area contributed by atoms with Gasteiger partial charge in [0.1, 0.15) is 11.5 Å². The van der Waals surface area contributed by atoms with Crippen molar-refractivity contribution in [2.24, 2.45) is 0 Å². The standard InChI is InChI=1S/C7H4ClFN2O3/c8-7(12)3-1-6(11(13)14)5(10)2-4(3)9/h1-2H,10H2. The molecule has 0 aliphatic rings. The van der Waals surface area contributed by atoms with Crippen molar-refractivity contribution >= 4 is 28.2 Å². The monoisotopic (exact) mass is 218 g/mol. The fraction of sp³-hybridized carbons (Fsp3) is 0. The molecule has 0 aliphatic carbocycles. The van der Waals surface area contributed by atoms with Crippen molar-refractivity contribution in [1.82, 2.24) is 0 Å². The second-order valence-electron chi connectivity index (χ2n) is 2.42. The summed E-state index contributed by atoms with van der Waals surface area (Å²) in [6.45, 7) is 0. The average Bonchev–Trinajstić information content (AvgIpc) is 2.02. The van der Waals surface area contributed by atoms with E-state index in [0.29, 0.717) is 12.1 Å². The van der Waals surface area contributed by atoms with Crippen molar-refractivity contribution in [1.29, 1.82) is 0 Å². The summed E-state index contributed by atoms with van der Waals surface area (Å²) in [5.74, 6) is -0.979. The van der Waals surface area contributed by atoms with Crippen molar-refractivity contribution in [2.75, 3.05) is 5.73 Å². The van der Waals surface area contributed by atoms with Gasteiger partial charge in [-0.05, 0) is 11.6 Å². The summed E-state index contributed by atoms with van der Waals surface area (Å²) >= 11 is 5.00. The lowest BCUT2D eigenvalue weighted by Crippen LogP contribution is -2.01. The van der Waals surface area contributed by atoms with Crippen LogP contribution < -0.4 is 5.73 Å². The predicted molar refractivity (Wildman–Crippen MR) is 47.7 cm³/mol.